The molecule has 1 rings (SSSR count). The molecular formula is C12H24N2O. The van der Waals surface area contributed by atoms with E-state index in [4.69, 9.17) is 0 Å². The molecule has 2 amide bonds. The third kappa shape index (κ3) is 3.73. The number of amides is 2. The largest absolute Gasteiger partial charge is 0.341 e. The summed E-state index contributed by atoms with van der Waals surface area (Å²) < 4.78 is 0. The van der Waals surface area contributed by atoms with Crippen LogP contribution in [-0.4, -0.2) is 30.6 Å². The van der Waals surface area contributed by atoms with Crippen molar-refractivity contribution >= 4 is 6.03 Å². The molecule has 0 aromatic rings. The van der Waals surface area contributed by atoms with Gasteiger partial charge in [-0.15, -0.1) is 0 Å². The molecule has 1 aliphatic carbocycles. The van der Waals surface area contributed by atoms with Crippen LogP contribution in [0, 0.1) is 0 Å². The van der Waals surface area contributed by atoms with Crippen LogP contribution in [0.1, 0.15) is 51.9 Å². The van der Waals surface area contributed by atoms with Crippen molar-refractivity contribution in [3.05, 3.63) is 0 Å². The quantitative estimate of drug-likeness (QED) is 0.763. The summed E-state index contributed by atoms with van der Waals surface area (Å²) in [5.74, 6) is 0. The summed E-state index contributed by atoms with van der Waals surface area (Å²) >= 11 is 0. The van der Waals surface area contributed by atoms with Gasteiger partial charge in [0, 0.05) is 19.6 Å². The second-order valence-corrected chi connectivity index (χ2v) is 4.39. The summed E-state index contributed by atoms with van der Waals surface area (Å²) in [7, 11) is 1.73. The Hall–Kier alpha value is -0.730. The minimum atomic E-state index is 0.107. The van der Waals surface area contributed by atoms with Gasteiger partial charge in [0.25, 0.3) is 0 Å². The second-order valence-electron chi connectivity index (χ2n) is 4.39. The normalized spacial score (nSPS) is 17.5. The van der Waals surface area contributed by atoms with Gasteiger partial charge >= 0.3 is 6.03 Å². The maximum atomic E-state index is 11.7. The van der Waals surface area contributed by atoms with Crippen LogP contribution in [0.15, 0.2) is 0 Å². The first-order valence-corrected chi connectivity index (χ1v) is 6.28. The van der Waals surface area contributed by atoms with Crippen molar-refractivity contribution in [1.82, 2.24) is 10.2 Å². The van der Waals surface area contributed by atoms with Gasteiger partial charge in [-0.3, -0.25) is 0 Å². The minimum absolute atomic E-state index is 0.107. The minimum Gasteiger partial charge on any atom is -0.341 e. The Bertz CT molecular complexity index is 188. The number of nitrogens with zero attached hydrogens (tertiary/aromatic N) is 1. The SMILES string of the molecule is CCCCN(C(=O)NC)C1CCCCC1. The summed E-state index contributed by atoms with van der Waals surface area (Å²) in [6.45, 7) is 3.09. The summed E-state index contributed by atoms with van der Waals surface area (Å²) in [5, 5.41) is 2.76. The molecule has 15 heavy (non-hydrogen) atoms. The zero-order valence-corrected chi connectivity index (χ0v) is 10.1. The summed E-state index contributed by atoms with van der Waals surface area (Å²) in [6, 6.07) is 0.598. The maximum Gasteiger partial charge on any atom is 0.317 e. The topological polar surface area (TPSA) is 32.3 Å². The van der Waals surface area contributed by atoms with E-state index in [1.807, 2.05) is 4.90 Å². The average molecular weight is 212 g/mol. The van der Waals surface area contributed by atoms with E-state index < -0.39 is 0 Å². The predicted molar refractivity (Wildman–Crippen MR) is 62.9 cm³/mol. The Labute approximate surface area is 93.2 Å². The summed E-state index contributed by atoms with van der Waals surface area (Å²) in [4.78, 5) is 13.8. The van der Waals surface area contributed by atoms with E-state index in [1.54, 1.807) is 7.05 Å². The van der Waals surface area contributed by atoms with Crippen LogP contribution in [0.25, 0.3) is 0 Å². The van der Waals surface area contributed by atoms with Gasteiger partial charge in [0.1, 0.15) is 0 Å². The third-order valence-electron chi connectivity index (χ3n) is 3.24. The van der Waals surface area contributed by atoms with Gasteiger partial charge in [-0.25, -0.2) is 4.79 Å². The molecule has 88 valence electrons. The van der Waals surface area contributed by atoms with Gasteiger partial charge in [-0.05, 0) is 19.3 Å². The summed E-state index contributed by atoms with van der Waals surface area (Å²) in [5.41, 5.74) is 0. The van der Waals surface area contributed by atoms with E-state index in [0.29, 0.717) is 6.04 Å². The van der Waals surface area contributed by atoms with E-state index in [-0.39, 0.29) is 6.03 Å². The van der Waals surface area contributed by atoms with Gasteiger partial charge in [-0.2, -0.15) is 0 Å². The van der Waals surface area contributed by atoms with Gasteiger partial charge in [-0.1, -0.05) is 32.6 Å². The molecule has 0 unspecified atom stereocenters. The zero-order valence-electron chi connectivity index (χ0n) is 10.1. The van der Waals surface area contributed by atoms with Crippen LogP contribution in [0.4, 0.5) is 4.79 Å². The van der Waals surface area contributed by atoms with Crippen molar-refractivity contribution in [1.29, 1.82) is 0 Å². The summed E-state index contributed by atoms with van der Waals surface area (Å²) in [6.07, 6.45) is 8.55. The molecular weight excluding hydrogens is 188 g/mol. The third-order valence-corrected chi connectivity index (χ3v) is 3.24. The number of nitrogens with one attached hydrogen (secondary N) is 1. The standard InChI is InChI=1S/C12H24N2O/c1-3-4-10-14(12(15)13-2)11-8-6-5-7-9-11/h11H,3-10H2,1-2H3,(H,13,15). The highest BCUT2D eigenvalue weighted by molar-refractivity contribution is 5.74. The number of unbranched alkanes of at least 4 members (excludes halogenated alkanes) is 1. The molecule has 0 radical (unpaired) electrons. The number of carbonyl (C=O) groups excluding carboxylic acids is 1. The first-order chi connectivity index (χ1) is 7.29. The molecule has 0 aromatic heterocycles. The lowest BCUT2D eigenvalue weighted by Gasteiger charge is -2.34. The van der Waals surface area contributed by atoms with Crippen LogP contribution < -0.4 is 5.32 Å². The fourth-order valence-corrected chi connectivity index (χ4v) is 2.31. The smallest absolute Gasteiger partial charge is 0.317 e. The van der Waals surface area contributed by atoms with Gasteiger partial charge in [0.05, 0.1) is 0 Å². The lowest BCUT2D eigenvalue weighted by atomic mass is 9.94. The van der Waals surface area contributed by atoms with Crippen LogP contribution in [-0.2, 0) is 0 Å². The number of carbonyl (C=O) groups is 1. The highest BCUT2D eigenvalue weighted by Crippen LogP contribution is 2.22. The maximum absolute atomic E-state index is 11.7. The Morgan fingerprint density at radius 1 is 1.33 bits per heavy atom. The predicted octanol–water partition coefficient (Wildman–Crippen LogP) is 2.76. The molecule has 1 fully saturated rings. The Morgan fingerprint density at radius 2 is 2.00 bits per heavy atom. The molecule has 0 aromatic carbocycles. The first-order valence-electron chi connectivity index (χ1n) is 6.28. The van der Waals surface area contributed by atoms with E-state index in [2.05, 4.69) is 12.2 Å². The monoisotopic (exact) mass is 212 g/mol. The lowest BCUT2D eigenvalue weighted by molar-refractivity contribution is 0.156. The molecule has 1 aliphatic rings. The van der Waals surface area contributed by atoms with Gasteiger partial charge in [0.15, 0.2) is 0 Å². The highest BCUT2D eigenvalue weighted by Gasteiger charge is 2.23. The van der Waals surface area contributed by atoms with Crippen molar-refractivity contribution < 1.29 is 4.79 Å². The van der Waals surface area contributed by atoms with E-state index in [9.17, 15) is 4.79 Å². The molecule has 3 heteroatoms. The zero-order chi connectivity index (χ0) is 11.1. The molecule has 0 heterocycles. The fourth-order valence-electron chi connectivity index (χ4n) is 2.31. The second kappa shape index (κ2) is 6.70. The number of hydrogen-bond acceptors (Lipinski definition) is 1. The van der Waals surface area contributed by atoms with Crippen molar-refractivity contribution in [2.45, 2.75) is 57.9 Å². The molecule has 1 saturated carbocycles. The van der Waals surface area contributed by atoms with Crippen LogP contribution >= 0.6 is 0 Å². The van der Waals surface area contributed by atoms with Crippen LogP contribution in [0.3, 0.4) is 0 Å². The van der Waals surface area contributed by atoms with Gasteiger partial charge in [0.2, 0.25) is 0 Å². The van der Waals surface area contributed by atoms with E-state index >= 15 is 0 Å². The van der Waals surface area contributed by atoms with Crippen LogP contribution in [0.5, 0.6) is 0 Å². The molecule has 3 nitrogen and oxygen atoms in total. The molecule has 0 bridgehead atoms. The highest BCUT2D eigenvalue weighted by atomic mass is 16.2. The Balaban J connectivity index is 2.49. The lowest BCUT2D eigenvalue weighted by Crippen LogP contribution is -2.46. The van der Waals surface area contributed by atoms with Gasteiger partial charge < -0.3 is 10.2 Å². The first kappa shape index (κ1) is 12.3. The Morgan fingerprint density at radius 3 is 2.53 bits per heavy atom. The number of rotatable bonds is 4. The fraction of sp³-hybridized carbons (Fsp3) is 0.917. The molecule has 1 N–H and O–H groups in total. The Kier molecular flexibility index (Phi) is 5.51. The van der Waals surface area contributed by atoms with E-state index in [1.165, 1.54) is 32.1 Å². The molecule has 0 aliphatic heterocycles. The van der Waals surface area contributed by atoms with Crippen molar-refractivity contribution in [3.63, 3.8) is 0 Å². The molecule has 0 saturated heterocycles. The van der Waals surface area contributed by atoms with Crippen molar-refractivity contribution in [2.75, 3.05) is 13.6 Å². The number of hydrogen-bond donors (Lipinski definition) is 1. The van der Waals surface area contributed by atoms with E-state index in [0.717, 1.165) is 19.4 Å². The van der Waals surface area contributed by atoms with Crippen molar-refractivity contribution in [3.8, 4) is 0 Å². The number of urea groups is 1. The van der Waals surface area contributed by atoms with Crippen LogP contribution in [0.2, 0.25) is 0 Å². The molecule has 0 atom stereocenters. The average Bonchev–Trinajstić information content (AvgIpc) is 2.30. The van der Waals surface area contributed by atoms with Crippen molar-refractivity contribution in [2.24, 2.45) is 0 Å². The molecule has 0 spiro atoms.